The molecule has 112 valence electrons. The third-order valence-corrected chi connectivity index (χ3v) is 2.61. The van der Waals surface area contributed by atoms with Crippen molar-refractivity contribution in [1.29, 1.82) is 0 Å². The van der Waals surface area contributed by atoms with Gasteiger partial charge >= 0.3 is 5.97 Å². The van der Waals surface area contributed by atoms with E-state index in [-0.39, 0.29) is 19.0 Å². The fraction of sp³-hybridized carbons (Fsp3) is 0.385. The average molecular weight is 303 g/mol. The summed E-state index contributed by atoms with van der Waals surface area (Å²) in [4.78, 5) is 23.8. The molecule has 1 rings (SSSR count). The number of rotatable bonds is 5. The molecule has 0 radical (unpaired) electrons. The van der Waals surface area contributed by atoms with Crippen LogP contribution < -0.4 is 11.1 Å². The lowest BCUT2D eigenvalue weighted by Crippen LogP contribution is -2.55. The van der Waals surface area contributed by atoms with Crippen molar-refractivity contribution >= 4 is 30.0 Å². The van der Waals surface area contributed by atoms with Crippen molar-refractivity contribution < 1.29 is 19.1 Å². The normalized spacial score (nSPS) is 12.8. The molecule has 1 amide bonds. The summed E-state index contributed by atoms with van der Waals surface area (Å²) in [6.45, 7) is 1.54. The third kappa shape index (κ3) is 4.40. The van der Waals surface area contributed by atoms with Crippen LogP contribution in [0, 0.1) is 0 Å². The van der Waals surface area contributed by atoms with E-state index in [0.29, 0.717) is 11.3 Å². The number of amides is 1. The zero-order chi connectivity index (χ0) is 14.5. The lowest BCUT2D eigenvalue weighted by molar-refractivity contribution is -0.149. The van der Waals surface area contributed by atoms with Crippen molar-refractivity contribution in [3.8, 4) is 0 Å². The first kappa shape index (κ1) is 18.2. The van der Waals surface area contributed by atoms with Gasteiger partial charge < -0.3 is 20.5 Å². The molecule has 0 aromatic heterocycles. The first-order valence-electron chi connectivity index (χ1n) is 5.68. The third-order valence-electron chi connectivity index (χ3n) is 2.61. The fourth-order valence-electron chi connectivity index (χ4n) is 1.66. The smallest absolute Gasteiger partial charge is 0.333 e. The summed E-state index contributed by atoms with van der Waals surface area (Å²) < 4.78 is 9.62. The van der Waals surface area contributed by atoms with E-state index < -0.39 is 17.4 Å². The first-order chi connectivity index (χ1) is 8.92. The molecular weight excluding hydrogens is 284 g/mol. The number of carbonyl (C=O) groups excluding carboxylic acids is 2. The minimum atomic E-state index is -1.24. The minimum absolute atomic E-state index is 0. The highest BCUT2D eigenvalue weighted by molar-refractivity contribution is 5.98. The van der Waals surface area contributed by atoms with Crippen molar-refractivity contribution in [3.05, 3.63) is 29.8 Å². The number of hydrogen-bond donors (Lipinski definition) is 2. The zero-order valence-electron chi connectivity index (χ0n) is 11.6. The van der Waals surface area contributed by atoms with Crippen molar-refractivity contribution in [1.82, 2.24) is 5.32 Å². The van der Waals surface area contributed by atoms with Crippen molar-refractivity contribution in [2.24, 2.45) is 0 Å². The molecule has 6 nitrogen and oxygen atoms in total. The monoisotopic (exact) mass is 302 g/mol. The largest absolute Gasteiger partial charge is 0.467 e. The van der Waals surface area contributed by atoms with Crippen LogP contribution in [0.2, 0.25) is 0 Å². The molecule has 0 aliphatic carbocycles. The van der Waals surface area contributed by atoms with Crippen LogP contribution in [-0.4, -0.2) is 38.2 Å². The Bertz CT molecular complexity index is 481. The minimum Gasteiger partial charge on any atom is -0.467 e. The van der Waals surface area contributed by atoms with Gasteiger partial charge in [0.25, 0.3) is 5.91 Å². The Labute approximate surface area is 124 Å². The van der Waals surface area contributed by atoms with E-state index in [2.05, 4.69) is 10.1 Å². The van der Waals surface area contributed by atoms with Gasteiger partial charge in [-0.3, -0.25) is 4.79 Å². The Hall–Kier alpha value is -1.79. The molecule has 7 heteroatoms. The van der Waals surface area contributed by atoms with Gasteiger partial charge in [-0.15, -0.1) is 12.4 Å². The van der Waals surface area contributed by atoms with Crippen molar-refractivity contribution in [3.63, 3.8) is 0 Å². The van der Waals surface area contributed by atoms with Gasteiger partial charge in [0.05, 0.1) is 13.7 Å². The van der Waals surface area contributed by atoms with Crippen LogP contribution in [0.25, 0.3) is 0 Å². The van der Waals surface area contributed by atoms with Gasteiger partial charge in [0, 0.05) is 18.4 Å². The summed E-state index contributed by atoms with van der Waals surface area (Å²) in [5, 5.41) is 2.59. The number of benzene rings is 1. The summed E-state index contributed by atoms with van der Waals surface area (Å²) in [6, 6.07) is 6.47. The molecule has 3 N–H and O–H groups in total. The number of carbonyl (C=O) groups is 2. The molecule has 0 saturated carbocycles. The SMILES string of the molecule is COCC(C)(NC(=O)c1cccc(N)c1)C(=O)OC.Cl. The Balaban J connectivity index is 0.00000361. The zero-order valence-corrected chi connectivity index (χ0v) is 12.5. The number of esters is 1. The Morgan fingerprint density at radius 3 is 2.50 bits per heavy atom. The molecule has 20 heavy (non-hydrogen) atoms. The van der Waals surface area contributed by atoms with Gasteiger partial charge in [-0.05, 0) is 25.1 Å². The number of ether oxygens (including phenoxy) is 2. The molecule has 0 aliphatic heterocycles. The quantitative estimate of drug-likeness (QED) is 0.625. The molecule has 1 atom stereocenters. The molecular formula is C13H19ClN2O4. The van der Waals surface area contributed by atoms with E-state index in [1.54, 1.807) is 18.2 Å². The highest BCUT2D eigenvalue weighted by Gasteiger charge is 2.36. The summed E-state index contributed by atoms with van der Waals surface area (Å²) in [5.41, 5.74) is 5.20. The van der Waals surface area contributed by atoms with Crippen LogP contribution >= 0.6 is 12.4 Å². The van der Waals surface area contributed by atoms with Crippen LogP contribution in [-0.2, 0) is 14.3 Å². The van der Waals surface area contributed by atoms with E-state index in [0.717, 1.165) is 0 Å². The van der Waals surface area contributed by atoms with Crippen LogP contribution in [0.4, 0.5) is 5.69 Å². The van der Waals surface area contributed by atoms with Crippen LogP contribution in [0.1, 0.15) is 17.3 Å². The van der Waals surface area contributed by atoms with Crippen LogP contribution in [0.15, 0.2) is 24.3 Å². The standard InChI is InChI=1S/C13H18N2O4.ClH/c1-13(8-18-2,12(17)19-3)15-11(16)9-5-4-6-10(14)7-9;/h4-7H,8,14H2,1-3H3,(H,15,16);1H. The predicted molar refractivity (Wildman–Crippen MR) is 77.9 cm³/mol. The van der Waals surface area contributed by atoms with Crippen molar-refractivity contribution in [2.45, 2.75) is 12.5 Å². The number of anilines is 1. The number of nitrogens with two attached hydrogens (primary N) is 1. The summed E-state index contributed by atoms with van der Waals surface area (Å²) in [7, 11) is 2.69. The number of nitrogens with one attached hydrogen (secondary N) is 1. The highest BCUT2D eigenvalue weighted by Crippen LogP contribution is 2.11. The Kier molecular flexibility index (Phi) is 7.02. The fourth-order valence-corrected chi connectivity index (χ4v) is 1.66. The topological polar surface area (TPSA) is 90.6 Å². The summed E-state index contributed by atoms with van der Waals surface area (Å²) >= 11 is 0. The van der Waals surface area contributed by atoms with E-state index in [4.69, 9.17) is 10.5 Å². The van der Waals surface area contributed by atoms with Crippen molar-refractivity contribution in [2.75, 3.05) is 26.6 Å². The second-order valence-corrected chi connectivity index (χ2v) is 4.34. The van der Waals surface area contributed by atoms with Crippen LogP contribution in [0.5, 0.6) is 0 Å². The number of halogens is 1. The maximum Gasteiger partial charge on any atom is 0.333 e. The molecule has 1 aromatic rings. The number of hydrogen-bond acceptors (Lipinski definition) is 5. The predicted octanol–water partition coefficient (Wildman–Crippen LogP) is 0.998. The van der Waals surface area contributed by atoms with Gasteiger partial charge in [0.15, 0.2) is 5.54 Å². The van der Waals surface area contributed by atoms with E-state index >= 15 is 0 Å². The molecule has 0 fully saturated rings. The molecule has 1 aromatic carbocycles. The summed E-state index contributed by atoms with van der Waals surface area (Å²) in [6.07, 6.45) is 0. The van der Waals surface area contributed by atoms with Crippen LogP contribution in [0.3, 0.4) is 0 Å². The van der Waals surface area contributed by atoms with Gasteiger partial charge in [0.1, 0.15) is 0 Å². The van der Waals surface area contributed by atoms with E-state index in [1.165, 1.54) is 27.2 Å². The first-order valence-corrected chi connectivity index (χ1v) is 5.68. The molecule has 0 heterocycles. The van der Waals surface area contributed by atoms with Gasteiger partial charge in [0.2, 0.25) is 0 Å². The van der Waals surface area contributed by atoms with Gasteiger partial charge in [-0.25, -0.2) is 4.79 Å². The molecule has 1 unspecified atom stereocenters. The number of nitrogen functional groups attached to an aromatic ring is 1. The second-order valence-electron chi connectivity index (χ2n) is 4.34. The van der Waals surface area contributed by atoms with E-state index in [9.17, 15) is 9.59 Å². The van der Waals surface area contributed by atoms with Gasteiger partial charge in [-0.2, -0.15) is 0 Å². The molecule has 0 aliphatic rings. The maximum atomic E-state index is 12.1. The lowest BCUT2D eigenvalue weighted by atomic mass is 10.0. The Morgan fingerprint density at radius 1 is 1.35 bits per heavy atom. The van der Waals surface area contributed by atoms with E-state index in [1.807, 2.05) is 0 Å². The molecule has 0 saturated heterocycles. The average Bonchev–Trinajstić information content (AvgIpc) is 2.37. The molecule has 0 bridgehead atoms. The number of methoxy groups -OCH3 is 2. The van der Waals surface area contributed by atoms with Gasteiger partial charge in [-0.1, -0.05) is 6.07 Å². The molecule has 0 spiro atoms. The summed E-state index contributed by atoms with van der Waals surface area (Å²) in [5.74, 6) is -0.996. The maximum absolute atomic E-state index is 12.1. The highest BCUT2D eigenvalue weighted by atomic mass is 35.5. The lowest BCUT2D eigenvalue weighted by Gasteiger charge is -2.27. The Morgan fingerprint density at radius 2 is 2.00 bits per heavy atom. The second kappa shape index (κ2) is 7.72.